The number of likely N-dealkylation sites (tertiary alicyclic amines) is 1. The van der Waals surface area contributed by atoms with Crippen LogP contribution in [-0.2, 0) is 0 Å². The Balaban J connectivity index is 1.37. The molecule has 6 rings (SSSR count). The van der Waals surface area contributed by atoms with E-state index in [9.17, 15) is 9.65 Å². The second kappa shape index (κ2) is 12.6. The first kappa shape index (κ1) is 29.6. The number of pyridine rings is 1. The quantitative estimate of drug-likeness (QED) is 0.173. The average molecular weight is 656 g/mol. The summed E-state index contributed by atoms with van der Waals surface area (Å²) < 4.78 is 15.8. The van der Waals surface area contributed by atoms with Crippen LogP contribution in [0.3, 0.4) is 0 Å². The summed E-state index contributed by atoms with van der Waals surface area (Å²) in [5.74, 6) is -0.537. The van der Waals surface area contributed by atoms with Crippen molar-refractivity contribution in [3.05, 3.63) is 91.2 Å². The van der Waals surface area contributed by atoms with Crippen LogP contribution < -0.4 is 10.6 Å². The van der Waals surface area contributed by atoms with Crippen molar-refractivity contribution in [1.82, 2.24) is 24.9 Å². The van der Waals surface area contributed by atoms with Crippen molar-refractivity contribution >= 4 is 74.1 Å². The highest BCUT2D eigenvalue weighted by Crippen LogP contribution is 2.38. The van der Waals surface area contributed by atoms with Crippen molar-refractivity contribution in [1.29, 1.82) is 5.26 Å². The average Bonchev–Trinajstić information content (AvgIpc) is 3.68. The van der Waals surface area contributed by atoms with Gasteiger partial charge in [-0.25, -0.2) is 9.07 Å². The van der Waals surface area contributed by atoms with Crippen LogP contribution in [0.1, 0.15) is 48.0 Å². The van der Waals surface area contributed by atoms with Crippen LogP contribution in [0.2, 0.25) is 15.1 Å². The minimum absolute atomic E-state index is 0.0383. The van der Waals surface area contributed by atoms with E-state index in [4.69, 9.17) is 34.8 Å². The monoisotopic (exact) mass is 654 g/mol. The smallest absolute Gasteiger partial charge is 0.141 e. The number of hydrogen-bond acceptors (Lipinski definition) is 8. The first-order valence-corrected chi connectivity index (χ1v) is 15.7. The Hall–Kier alpha value is -3.46. The van der Waals surface area contributed by atoms with E-state index in [0.717, 1.165) is 43.0 Å². The summed E-state index contributed by atoms with van der Waals surface area (Å²) in [6.45, 7) is 5.31. The summed E-state index contributed by atoms with van der Waals surface area (Å²) in [5, 5.41) is 29.2. The van der Waals surface area contributed by atoms with E-state index in [2.05, 4.69) is 43.8 Å². The maximum Gasteiger partial charge on any atom is 0.141 e. The molecule has 1 fully saturated rings. The fourth-order valence-corrected chi connectivity index (χ4v) is 6.91. The van der Waals surface area contributed by atoms with E-state index in [1.807, 2.05) is 28.4 Å². The molecular formula is C30H26Cl3FN8S. The van der Waals surface area contributed by atoms with Gasteiger partial charge in [-0.3, -0.25) is 4.98 Å². The normalized spacial score (nSPS) is 15.0. The molecule has 0 bridgehead atoms. The topological polar surface area (TPSA) is 94.7 Å². The fraction of sp³-hybridized carbons (Fsp3) is 0.267. The van der Waals surface area contributed by atoms with Gasteiger partial charge < -0.3 is 15.5 Å². The number of nitriles is 1. The van der Waals surface area contributed by atoms with E-state index in [-0.39, 0.29) is 17.1 Å². The summed E-state index contributed by atoms with van der Waals surface area (Å²) in [4.78, 5) is 7.84. The van der Waals surface area contributed by atoms with Crippen LogP contribution in [0, 0.1) is 17.1 Å². The minimum atomic E-state index is -0.537. The molecule has 0 saturated carbocycles. The largest absolute Gasteiger partial charge is 0.372 e. The van der Waals surface area contributed by atoms with Crippen molar-refractivity contribution in [2.24, 2.45) is 0 Å². The standard InChI is InChI=1S/C30H26Cl3FN8S/c1-2-41-7-5-21(6-8-41)42-15-26(39-40-42)30(27-9-18(31)16-43-27)38-20-10-22-28(37-19-3-4-25(34)23(32)11-19)17(13-35)14-36-29(22)24(33)12-20/h3-4,9-12,14-16,21,30,38H,2,5-8H2,1H3,(H,36,37). The van der Waals surface area contributed by atoms with Gasteiger partial charge in [-0.2, -0.15) is 5.26 Å². The molecule has 43 heavy (non-hydrogen) atoms. The molecule has 1 saturated heterocycles. The molecule has 3 aromatic heterocycles. The molecule has 13 heteroatoms. The molecule has 220 valence electrons. The lowest BCUT2D eigenvalue weighted by molar-refractivity contribution is 0.186. The predicted molar refractivity (Wildman–Crippen MR) is 171 cm³/mol. The number of benzene rings is 2. The van der Waals surface area contributed by atoms with Gasteiger partial charge in [0.2, 0.25) is 0 Å². The molecule has 1 aliphatic heterocycles. The van der Waals surface area contributed by atoms with Gasteiger partial charge >= 0.3 is 0 Å². The second-order valence-electron chi connectivity index (χ2n) is 10.3. The van der Waals surface area contributed by atoms with Gasteiger partial charge in [0.25, 0.3) is 0 Å². The third kappa shape index (κ3) is 6.28. The molecule has 1 aliphatic rings. The Morgan fingerprint density at radius 2 is 1.91 bits per heavy atom. The molecular weight excluding hydrogens is 630 g/mol. The summed E-state index contributed by atoms with van der Waals surface area (Å²) in [7, 11) is 0. The highest BCUT2D eigenvalue weighted by Gasteiger charge is 2.25. The minimum Gasteiger partial charge on any atom is -0.372 e. The Bertz CT molecular complexity index is 1830. The number of fused-ring (bicyclic) bond motifs is 1. The predicted octanol–water partition coefficient (Wildman–Crippen LogP) is 8.46. The lowest BCUT2D eigenvalue weighted by Gasteiger charge is -2.30. The Labute approximate surface area is 267 Å². The third-order valence-electron chi connectivity index (χ3n) is 7.62. The zero-order chi connectivity index (χ0) is 30.1. The number of piperidine rings is 1. The maximum absolute atomic E-state index is 13.8. The van der Waals surface area contributed by atoms with Crippen LogP contribution in [0.4, 0.5) is 21.5 Å². The third-order valence-corrected chi connectivity index (χ3v) is 9.54. The molecule has 2 N–H and O–H groups in total. The zero-order valence-corrected chi connectivity index (χ0v) is 26.1. The van der Waals surface area contributed by atoms with E-state index in [1.165, 1.54) is 29.7 Å². The summed E-state index contributed by atoms with van der Waals surface area (Å²) >= 11 is 20.6. The Morgan fingerprint density at radius 3 is 2.60 bits per heavy atom. The van der Waals surface area contributed by atoms with Crippen molar-refractivity contribution in [2.45, 2.75) is 31.8 Å². The molecule has 0 radical (unpaired) electrons. The first-order valence-electron chi connectivity index (χ1n) is 13.7. The van der Waals surface area contributed by atoms with Crippen molar-refractivity contribution < 1.29 is 4.39 Å². The zero-order valence-electron chi connectivity index (χ0n) is 23.0. The molecule has 1 unspecified atom stereocenters. The summed E-state index contributed by atoms with van der Waals surface area (Å²) in [6.07, 6.45) is 5.49. The van der Waals surface area contributed by atoms with Crippen LogP contribution in [0.25, 0.3) is 10.9 Å². The SMILES string of the molecule is CCN1CCC(n2cc(C(Nc3cc(Cl)c4ncc(C#N)c(Nc5ccc(F)c(Cl)c5)c4c3)c3cc(Cl)cs3)nn2)CC1. The highest BCUT2D eigenvalue weighted by molar-refractivity contribution is 7.10. The number of hydrogen-bond donors (Lipinski definition) is 2. The lowest BCUT2D eigenvalue weighted by Crippen LogP contribution is -2.34. The molecule has 8 nitrogen and oxygen atoms in total. The number of thiophene rings is 1. The van der Waals surface area contributed by atoms with E-state index < -0.39 is 5.82 Å². The van der Waals surface area contributed by atoms with Crippen LogP contribution in [0.15, 0.2) is 54.2 Å². The van der Waals surface area contributed by atoms with Crippen LogP contribution in [-0.4, -0.2) is 44.5 Å². The van der Waals surface area contributed by atoms with Gasteiger partial charge in [0.05, 0.1) is 44.1 Å². The van der Waals surface area contributed by atoms with Gasteiger partial charge in [-0.15, -0.1) is 16.4 Å². The Morgan fingerprint density at radius 1 is 1.12 bits per heavy atom. The van der Waals surface area contributed by atoms with Gasteiger partial charge in [-0.05, 0) is 55.8 Å². The molecule has 4 heterocycles. The number of anilines is 3. The summed E-state index contributed by atoms with van der Waals surface area (Å²) in [6, 6.07) is 11.9. The number of aromatic nitrogens is 4. The molecule has 0 amide bonds. The Kier molecular flexibility index (Phi) is 8.71. The van der Waals surface area contributed by atoms with Crippen LogP contribution in [0.5, 0.6) is 0 Å². The van der Waals surface area contributed by atoms with Crippen molar-refractivity contribution in [3.8, 4) is 6.07 Å². The first-order chi connectivity index (χ1) is 20.8. The lowest BCUT2D eigenvalue weighted by atomic mass is 10.1. The van der Waals surface area contributed by atoms with Gasteiger partial charge in [0.1, 0.15) is 23.6 Å². The van der Waals surface area contributed by atoms with Crippen LogP contribution >= 0.6 is 46.1 Å². The van der Waals surface area contributed by atoms with E-state index in [0.29, 0.717) is 43.6 Å². The number of rotatable bonds is 8. The van der Waals surface area contributed by atoms with Gasteiger partial charge in [-0.1, -0.05) is 46.9 Å². The fourth-order valence-electron chi connectivity index (χ4n) is 5.32. The van der Waals surface area contributed by atoms with E-state index >= 15 is 0 Å². The van der Waals surface area contributed by atoms with Gasteiger partial charge in [0.15, 0.2) is 0 Å². The maximum atomic E-state index is 13.8. The number of nitrogens with one attached hydrogen (secondary N) is 2. The van der Waals surface area contributed by atoms with Crippen molar-refractivity contribution in [3.63, 3.8) is 0 Å². The molecule has 0 spiro atoms. The number of halogens is 4. The van der Waals surface area contributed by atoms with Crippen molar-refractivity contribution in [2.75, 3.05) is 30.3 Å². The number of nitrogens with zero attached hydrogens (tertiary/aromatic N) is 6. The highest BCUT2D eigenvalue weighted by atomic mass is 35.5. The summed E-state index contributed by atoms with van der Waals surface area (Å²) in [5.41, 5.74) is 3.20. The van der Waals surface area contributed by atoms with E-state index in [1.54, 1.807) is 12.1 Å². The second-order valence-corrected chi connectivity index (χ2v) is 12.5. The molecule has 2 aromatic carbocycles. The van der Waals surface area contributed by atoms with Gasteiger partial charge in [0, 0.05) is 46.3 Å². The molecule has 0 aliphatic carbocycles. The molecule has 5 aromatic rings. The molecule has 1 atom stereocenters.